The van der Waals surface area contributed by atoms with Crippen molar-refractivity contribution in [2.45, 2.75) is 20.0 Å². The van der Waals surface area contributed by atoms with Crippen LogP contribution in [0.4, 0.5) is 0 Å². The highest BCUT2D eigenvalue weighted by Crippen LogP contribution is 1.96. The first kappa shape index (κ1) is 11.4. The summed E-state index contributed by atoms with van der Waals surface area (Å²) in [6, 6.07) is 0. The first-order chi connectivity index (χ1) is 6.70. The highest BCUT2D eigenvalue weighted by molar-refractivity contribution is 5.80. The number of hydrogen-bond donors (Lipinski definition) is 2. The van der Waals surface area contributed by atoms with E-state index in [1.807, 2.05) is 13.8 Å². The van der Waals surface area contributed by atoms with Crippen LogP contribution in [-0.4, -0.2) is 38.3 Å². The number of nitrogens with one attached hydrogen (secondary N) is 2. The zero-order valence-electron chi connectivity index (χ0n) is 8.71. The van der Waals surface area contributed by atoms with Gasteiger partial charge >= 0.3 is 0 Å². The van der Waals surface area contributed by atoms with E-state index < -0.39 is 6.10 Å². The van der Waals surface area contributed by atoms with Gasteiger partial charge in [-0.15, -0.1) is 0 Å². The third-order valence-corrected chi connectivity index (χ3v) is 1.81. The molecule has 0 saturated carbocycles. The molecule has 0 aromatic rings. The summed E-state index contributed by atoms with van der Waals surface area (Å²) in [7, 11) is 0. The fraction of sp³-hybridized carbons (Fsp3) is 0.889. The second kappa shape index (κ2) is 5.95. The van der Waals surface area contributed by atoms with Gasteiger partial charge in [0.2, 0.25) is 0 Å². The molecule has 1 aliphatic rings. The Hall–Kier alpha value is -0.650. The van der Waals surface area contributed by atoms with Crippen molar-refractivity contribution in [3.05, 3.63) is 0 Å². The summed E-state index contributed by atoms with van der Waals surface area (Å²) in [5, 5.41) is 3.07. The van der Waals surface area contributed by atoms with Crippen LogP contribution < -0.4 is 10.8 Å². The van der Waals surface area contributed by atoms with E-state index in [4.69, 9.17) is 9.57 Å². The first-order valence-electron chi connectivity index (χ1n) is 4.94. The van der Waals surface area contributed by atoms with E-state index in [-0.39, 0.29) is 5.91 Å². The Bertz CT molecular complexity index is 179. The van der Waals surface area contributed by atoms with Gasteiger partial charge in [-0.1, -0.05) is 13.8 Å². The first-order valence-corrected chi connectivity index (χ1v) is 4.94. The number of hydrogen-bond acceptors (Lipinski definition) is 4. The monoisotopic (exact) mass is 202 g/mol. The molecule has 0 bridgehead atoms. The van der Waals surface area contributed by atoms with Gasteiger partial charge in [0.15, 0.2) is 6.10 Å². The topological polar surface area (TPSA) is 59.6 Å². The lowest BCUT2D eigenvalue weighted by Gasteiger charge is -2.22. The number of hydroxylamine groups is 1. The molecule has 0 spiro atoms. The average Bonchev–Trinajstić information content (AvgIpc) is 2.18. The molecule has 5 nitrogen and oxygen atoms in total. The summed E-state index contributed by atoms with van der Waals surface area (Å²) in [5.41, 5.74) is 2.38. The van der Waals surface area contributed by atoms with Crippen LogP contribution in [-0.2, 0) is 14.4 Å². The Morgan fingerprint density at radius 3 is 3.07 bits per heavy atom. The maximum Gasteiger partial charge on any atom is 0.273 e. The fourth-order valence-electron chi connectivity index (χ4n) is 1.08. The van der Waals surface area contributed by atoms with Crippen molar-refractivity contribution in [2.24, 2.45) is 5.92 Å². The fourth-order valence-corrected chi connectivity index (χ4v) is 1.08. The van der Waals surface area contributed by atoms with Crippen LogP contribution in [0.25, 0.3) is 0 Å². The molecule has 82 valence electrons. The van der Waals surface area contributed by atoms with Crippen molar-refractivity contribution in [1.82, 2.24) is 10.8 Å². The molecule has 1 heterocycles. The minimum atomic E-state index is -0.420. The minimum Gasteiger partial charge on any atom is -0.366 e. The van der Waals surface area contributed by atoms with E-state index in [2.05, 4.69) is 10.8 Å². The van der Waals surface area contributed by atoms with Gasteiger partial charge in [0, 0.05) is 13.1 Å². The van der Waals surface area contributed by atoms with Gasteiger partial charge in [0.1, 0.15) is 0 Å². The van der Waals surface area contributed by atoms with E-state index in [1.165, 1.54) is 0 Å². The summed E-state index contributed by atoms with van der Waals surface area (Å²) in [5.74, 6) is 0.193. The van der Waals surface area contributed by atoms with E-state index >= 15 is 0 Å². The van der Waals surface area contributed by atoms with Crippen LogP contribution in [0.5, 0.6) is 0 Å². The molecular weight excluding hydrogens is 184 g/mol. The molecule has 1 aliphatic heterocycles. The highest BCUT2D eigenvalue weighted by Gasteiger charge is 2.21. The molecule has 1 amide bonds. The molecule has 0 aliphatic carbocycles. The molecule has 1 unspecified atom stereocenters. The maximum atomic E-state index is 11.4. The van der Waals surface area contributed by atoms with Gasteiger partial charge in [-0.25, -0.2) is 5.48 Å². The lowest BCUT2D eigenvalue weighted by Crippen LogP contribution is -2.47. The molecule has 14 heavy (non-hydrogen) atoms. The van der Waals surface area contributed by atoms with E-state index in [1.54, 1.807) is 0 Å². The van der Waals surface area contributed by atoms with Crippen LogP contribution in [0.1, 0.15) is 13.8 Å². The molecule has 5 heteroatoms. The summed E-state index contributed by atoms with van der Waals surface area (Å²) in [4.78, 5) is 16.4. The standard InChI is InChI=1S/C9H18N2O3/c1-7(2)6-14-11-9(12)8-5-10-3-4-13-8/h7-8,10H,3-6H2,1-2H3,(H,11,12). The summed E-state index contributed by atoms with van der Waals surface area (Å²) < 4.78 is 5.24. The zero-order valence-corrected chi connectivity index (χ0v) is 8.71. The number of amides is 1. The number of carbonyl (C=O) groups is 1. The second-order valence-electron chi connectivity index (χ2n) is 3.73. The van der Waals surface area contributed by atoms with Crippen LogP contribution in [0.3, 0.4) is 0 Å². The Morgan fingerprint density at radius 2 is 2.50 bits per heavy atom. The van der Waals surface area contributed by atoms with E-state index in [0.717, 1.165) is 6.54 Å². The Labute approximate surface area is 84.1 Å². The molecule has 2 N–H and O–H groups in total. The predicted molar refractivity (Wildman–Crippen MR) is 51.5 cm³/mol. The lowest BCUT2D eigenvalue weighted by molar-refractivity contribution is -0.147. The largest absolute Gasteiger partial charge is 0.366 e. The summed E-state index contributed by atoms with van der Waals surface area (Å²) in [6.45, 7) is 6.48. The smallest absolute Gasteiger partial charge is 0.273 e. The van der Waals surface area contributed by atoms with E-state index in [0.29, 0.717) is 25.7 Å². The van der Waals surface area contributed by atoms with Crippen LogP contribution in [0.15, 0.2) is 0 Å². The van der Waals surface area contributed by atoms with Crippen molar-refractivity contribution < 1.29 is 14.4 Å². The number of morpholine rings is 1. The third kappa shape index (κ3) is 4.04. The van der Waals surface area contributed by atoms with Gasteiger partial charge in [-0.2, -0.15) is 0 Å². The predicted octanol–water partition coefficient (Wildman–Crippen LogP) is -0.321. The minimum absolute atomic E-state index is 0.210. The van der Waals surface area contributed by atoms with Crippen LogP contribution in [0, 0.1) is 5.92 Å². The Balaban J connectivity index is 2.13. The zero-order chi connectivity index (χ0) is 10.4. The summed E-state index contributed by atoms with van der Waals surface area (Å²) >= 11 is 0. The molecule has 0 aromatic heterocycles. The Kier molecular flexibility index (Phi) is 4.86. The van der Waals surface area contributed by atoms with Gasteiger partial charge in [-0.3, -0.25) is 9.63 Å². The number of rotatable bonds is 4. The van der Waals surface area contributed by atoms with Gasteiger partial charge < -0.3 is 10.1 Å². The van der Waals surface area contributed by atoms with Gasteiger partial charge in [0.05, 0.1) is 13.2 Å². The number of ether oxygens (including phenoxy) is 1. The second-order valence-corrected chi connectivity index (χ2v) is 3.73. The van der Waals surface area contributed by atoms with Crippen LogP contribution in [0.2, 0.25) is 0 Å². The van der Waals surface area contributed by atoms with Crippen molar-refractivity contribution in [1.29, 1.82) is 0 Å². The molecule has 1 fully saturated rings. The number of carbonyl (C=O) groups excluding carboxylic acids is 1. The summed E-state index contributed by atoms with van der Waals surface area (Å²) in [6.07, 6.45) is -0.420. The van der Waals surface area contributed by atoms with Crippen molar-refractivity contribution >= 4 is 5.91 Å². The SMILES string of the molecule is CC(C)CONC(=O)C1CNCCO1. The van der Waals surface area contributed by atoms with Gasteiger partial charge in [-0.05, 0) is 5.92 Å². The normalized spacial score (nSPS) is 22.4. The van der Waals surface area contributed by atoms with Crippen molar-refractivity contribution in [2.75, 3.05) is 26.3 Å². The van der Waals surface area contributed by atoms with Crippen molar-refractivity contribution in [3.63, 3.8) is 0 Å². The molecule has 1 rings (SSSR count). The Morgan fingerprint density at radius 1 is 1.71 bits per heavy atom. The molecule has 0 aromatic carbocycles. The van der Waals surface area contributed by atoms with Gasteiger partial charge in [0.25, 0.3) is 5.91 Å². The molecule has 1 atom stereocenters. The average molecular weight is 202 g/mol. The molecule has 1 saturated heterocycles. The molecular formula is C9H18N2O3. The molecule has 0 radical (unpaired) electrons. The third-order valence-electron chi connectivity index (χ3n) is 1.81. The lowest BCUT2D eigenvalue weighted by atomic mass is 10.2. The maximum absolute atomic E-state index is 11.4. The van der Waals surface area contributed by atoms with E-state index in [9.17, 15) is 4.79 Å². The highest BCUT2D eigenvalue weighted by atomic mass is 16.7. The van der Waals surface area contributed by atoms with Crippen LogP contribution >= 0.6 is 0 Å². The van der Waals surface area contributed by atoms with Crippen molar-refractivity contribution in [3.8, 4) is 0 Å². The quantitative estimate of drug-likeness (QED) is 0.613.